The van der Waals surface area contributed by atoms with Gasteiger partial charge in [-0.1, -0.05) is 30.3 Å². The van der Waals surface area contributed by atoms with Crippen LogP contribution in [0.3, 0.4) is 0 Å². The number of aryl methyl sites for hydroxylation is 1. The Labute approximate surface area is 94.8 Å². The number of hydrogen-bond acceptors (Lipinski definition) is 2. The van der Waals surface area contributed by atoms with Crippen LogP contribution < -0.4 is 0 Å². The Balaban J connectivity index is 2.30. The van der Waals surface area contributed by atoms with Gasteiger partial charge >= 0.3 is 0 Å². The van der Waals surface area contributed by atoms with E-state index in [1.165, 1.54) is 5.56 Å². The van der Waals surface area contributed by atoms with Gasteiger partial charge in [0.15, 0.2) is 0 Å². The fraction of sp³-hybridized carbons (Fsp3) is 0.400. The zero-order valence-corrected chi connectivity index (χ0v) is 9.60. The molecule has 1 rings (SSSR count). The van der Waals surface area contributed by atoms with Gasteiger partial charge in [0.25, 0.3) is 0 Å². The van der Waals surface area contributed by atoms with Gasteiger partial charge in [-0.2, -0.15) is 0 Å². The van der Waals surface area contributed by atoms with Crippen LogP contribution in [0.5, 0.6) is 0 Å². The lowest BCUT2D eigenvalue weighted by Crippen LogP contribution is -2.01. The normalized spacial score (nSPS) is 10.8. The van der Waals surface area contributed by atoms with E-state index in [0.29, 0.717) is 6.42 Å². The summed E-state index contributed by atoms with van der Waals surface area (Å²) in [7, 11) is -3.58. The largest absolute Gasteiger partial charge is 0.235 e. The Morgan fingerprint density at radius 1 is 1.19 bits per heavy atom. The quantitative estimate of drug-likeness (QED) is 0.331. The molecule has 0 unspecified atom stereocenters. The Bertz CT molecular complexity index is 464. The van der Waals surface area contributed by atoms with Gasteiger partial charge < -0.3 is 0 Å². The summed E-state index contributed by atoms with van der Waals surface area (Å²) in [6.07, 6.45) is 2.12. The van der Waals surface area contributed by atoms with Crippen LogP contribution in [0, 0.1) is 0 Å². The molecule has 6 heteroatoms. The average molecular weight is 239 g/mol. The molecule has 0 aliphatic heterocycles. The molecule has 1 aromatic carbocycles. The fourth-order valence-corrected chi connectivity index (χ4v) is 2.12. The van der Waals surface area contributed by atoms with E-state index in [4.69, 9.17) is 5.53 Å². The number of hydrogen-bond donors (Lipinski definition) is 0. The molecule has 16 heavy (non-hydrogen) atoms. The monoisotopic (exact) mass is 239 g/mol. The molecule has 1 aromatic rings. The van der Waals surface area contributed by atoms with Gasteiger partial charge in [-0.05, 0) is 30.4 Å². The molecule has 0 bridgehead atoms. The highest BCUT2D eigenvalue weighted by Crippen LogP contribution is 2.06. The molecular formula is C10H13N3O2S. The minimum Gasteiger partial charge on any atom is -0.221 e. The lowest BCUT2D eigenvalue weighted by Gasteiger charge is -2.00. The number of benzene rings is 1. The molecule has 0 atom stereocenters. The van der Waals surface area contributed by atoms with Gasteiger partial charge in [-0.3, -0.25) is 0 Å². The van der Waals surface area contributed by atoms with Gasteiger partial charge in [-0.25, -0.2) is 8.42 Å². The summed E-state index contributed by atoms with van der Waals surface area (Å²) in [6, 6.07) is 9.84. The summed E-state index contributed by atoms with van der Waals surface area (Å²) in [5, 5.41) is 0. The van der Waals surface area contributed by atoms with Crippen LogP contribution in [-0.4, -0.2) is 14.2 Å². The average Bonchev–Trinajstić information content (AvgIpc) is 2.26. The third-order valence-corrected chi connectivity index (χ3v) is 3.25. The first-order valence-electron chi connectivity index (χ1n) is 4.97. The van der Waals surface area contributed by atoms with Crippen molar-refractivity contribution < 1.29 is 8.42 Å². The van der Waals surface area contributed by atoms with Crippen LogP contribution in [0.25, 0.3) is 10.4 Å². The smallest absolute Gasteiger partial charge is 0.221 e. The van der Waals surface area contributed by atoms with E-state index in [9.17, 15) is 8.42 Å². The standard InChI is InChI=1S/C10H13N3O2S/c11-12-13-16(14,15)9-5-4-8-10-6-2-1-3-7-10/h1-3,6-7H,4-5,8-9H2. The summed E-state index contributed by atoms with van der Waals surface area (Å²) in [4.78, 5) is 2.28. The highest BCUT2D eigenvalue weighted by molar-refractivity contribution is 7.89. The predicted molar refractivity (Wildman–Crippen MR) is 62.3 cm³/mol. The molecule has 0 N–H and O–H groups in total. The zero-order valence-electron chi connectivity index (χ0n) is 8.78. The lowest BCUT2D eigenvalue weighted by molar-refractivity contribution is 0.592. The zero-order chi connectivity index (χ0) is 11.9. The summed E-state index contributed by atoms with van der Waals surface area (Å²) >= 11 is 0. The molecule has 0 saturated carbocycles. The third-order valence-electron chi connectivity index (χ3n) is 2.12. The summed E-state index contributed by atoms with van der Waals surface area (Å²) < 4.78 is 24.8. The van der Waals surface area contributed by atoms with E-state index < -0.39 is 10.0 Å². The summed E-state index contributed by atoms with van der Waals surface area (Å²) in [5.74, 6) is -0.0795. The van der Waals surface area contributed by atoms with Crippen LogP contribution in [0.2, 0.25) is 0 Å². The predicted octanol–water partition coefficient (Wildman–Crippen LogP) is 2.65. The molecule has 86 valence electrons. The topological polar surface area (TPSA) is 82.9 Å². The molecule has 0 spiro atoms. The number of azide groups is 1. The number of unbranched alkanes of at least 4 members (excludes halogenated alkanes) is 1. The van der Waals surface area contributed by atoms with Crippen molar-refractivity contribution in [1.82, 2.24) is 0 Å². The first-order valence-corrected chi connectivity index (χ1v) is 6.58. The maximum atomic E-state index is 11.0. The minimum absolute atomic E-state index is 0.0795. The second-order valence-electron chi connectivity index (χ2n) is 3.40. The van der Waals surface area contributed by atoms with Crippen LogP contribution in [-0.2, 0) is 16.4 Å². The Kier molecular flexibility index (Phi) is 4.82. The molecule has 5 nitrogen and oxygen atoms in total. The van der Waals surface area contributed by atoms with Crippen molar-refractivity contribution in [1.29, 1.82) is 0 Å². The first kappa shape index (κ1) is 12.5. The molecule has 0 fully saturated rings. The van der Waals surface area contributed by atoms with E-state index in [0.717, 1.165) is 12.8 Å². The fourth-order valence-electron chi connectivity index (χ4n) is 1.35. The van der Waals surface area contributed by atoms with E-state index in [-0.39, 0.29) is 5.75 Å². The van der Waals surface area contributed by atoms with E-state index in [1.807, 2.05) is 30.3 Å². The first-order chi connectivity index (χ1) is 7.64. The van der Waals surface area contributed by atoms with Gasteiger partial charge in [0, 0.05) is 9.43 Å². The Morgan fingerprint density at radius 2 is 1.88 bits per heavy atom. The maximum Gasteiger partial charge on any atom is 0.235 e. The van der Waals surface area contributed by atoms with Crippen molar-refractivity contribution in [3.8, 4) is 0 Å². The second-order valence-corrected chi connectivity index (χ2v) is 5.14. The van der Waals surface area contributed by atoms with Crippen molar-refractivity contribution in [2.24, 2.45) is 4.52 Å². The molecular weight excluding hydrogens is 226 g/mol. The highest BCUT2D eigenvalue weighted by atomic mass is 32.2. The molecule has 0 aliphatic carbocycles. The minimum atomic E-state index is -3.58. The van der Waals surface area contributed by atoms with Gasteiger partial charge in [0.05, 0.1) is 5.75 Å². The van der Waals surface area contributed by atoms with Gasteiger partial charge in [-0.15, -0.1) is 0 Å². The van der Waals surface area contributed by atoms with Gasteiger partial charge in [0.2, 0.25) is 10.0 Å². The van der Waals surface area contributed by atoms with E-state index in [2.05, 4.69) is 9.43 Å². The molecule has 0 aromatic heterocycles. The van der Waals surface area contributed by atoms with Crippen molar-refractivity contribution in [2.75, 3.05) is 5.75 Å². The molecule has 0 radical (unpaired) electrons. The highest BCUT2D eigenvalue weighted by Gasteiger charge is 2.06. The summed E-state index contributed by atoms with van der Waals surface area (Å²) in [5.41, 5.74) is 9.20. The SMILES string of the molecule is [N-]=[N+]=NS(=O)(=O)CCCCc1ccccc1. The van der Waals surface area contributed by atoms with Crippen LogP contribution >= 0.6 is 0 Å². The van der Waals surface area contributed by atoms with Crippen LogP contribution in [0.15, 0.2) is 34.9 Å². The second kappa shape index (κ2) is 6.15. The van der Waals surface area contributed by atoms with E-state index >= 15 is 0 Å². The number of nitrogens with zero attached hydrogens (tertiary/aromatic N) is 3. The Hall–Kier alpha value is -1.52. The molecule has 0 heterocycles. The van der Waals surface area contributed by atoms with Crippen LogP contribution in [0.1, 0.15) is 18.4 Å². The van der Waals surface area contributed by atoms with Crippen molar-refractivity contribution >= 4 is 10.0 Å². The van der Waals surface area contributed by atoms with Crippen molar-refractivity contribution in [3.63, 3.8) is 0 Å². The van der Waals surface area contributed by atoms with E-state index in [1.54, 1.807) is 0 Å². The Morgan fingerprint density at radius 3 is 2.50 bits per heavy atom. The van der Waals surface area contributed by atoms with Gasteiger partial charge in [0.1, 0.15) is 0 Å². The van der Waals surface area contributed by atoms with Crippen molar-refractivity contribution in [2.45, 2.75) is 19.3 Å². The third kappa shape index (κ3) is 4.82. The molecule has 0 aliphatic rings. The number of sulfonamides is 1. The number of rotatable bonds is 6. The molecule has 0 amide bonds. The summed E-state index contributed by atoms with van der Waals surface area (Å²) in [6.45, 7) is 0. The maximum absolute atomic E-state index is 11.0. The van der Waals surface area contributed by atoms with Crippen LogP contribution in [0.4, 0.5) is 0 Å². The van der Waals surface area contributed by atoms with Crippen molar-refractivity contribution in [3.05, 3.63) is 46.3 Å². The lowest BCUT2D eigenvalue weighted by atomic mass is 10.1. The molecule has 0 saturated heterocycles.